The Hall–Kier alpha value is -10.1. The highest BCUT2D eigenvalue weighted by molar-refractivity contribution is 7.88. The number of hydrogen-bond donors (Lipinski definition) is 9. The van der Waals surface area contributed by atoms with Gasteiger partial charge >= 0.3 is 36.1 Å². The van der Waals surface area contributed by atoms with E-state index in [0.29, 0.717) is 56.6 Å². The Bertz CT molecular complexity index is 4310. The van der Waals surface area contributed by atoms with Crippen LogP contribution in [0.15, 0.2) is 85.2 Å². The van der Waals surface area contributed by atoms with Crippen LogP contribution in [0.2, 0.25) is 0 Å². The number of ether oxygens (including phenoxy) is 3. The van der Waals surface area contributed by atoms with E-state index in [-0.39, 0.29) is 147 Å². The lowest BCUT2D eigenvalue weighted by Gasteiger charge is -2.46. The van der Waals surface area contributed by atoms with Crippen LogP contribution in [0.5, 0.6) is 17.2 Å². The molecule has 0 radical (unpaired) electrons. The molecule has 6 aliphatic rings. The number of amides is 1. The van der Waals surface area contributed by atoms with Crippen LogP contribution in [0.4, 0.5) is 91.9 Å². The zero-order valence-corrected chi connectivity index (χ0v) is 61.8. The van der Waals surface area contributed by atoms with Crippen molar-refractivity contribution in [3.63, 3.8) is 0 Å². The molecule has 3 aromatic carbocycles. The minimum absolute atomic E-state index is 0.00756. The van der Waals surface area contributed by atoms with E-state index in [1.165, 1.54) is 61.5 Å². The van der Waals surface area contributed by atoms with Gasteiger partial charge in [-0.2, -0.15) is 15.0 Å². The number of nitrogens with zero attached hydrogens (tertiary/aromatic N) is 12. The fraction of sp³-hybridized carbons (Fsp3) is 0.551. The second-order valence-electron chi connectivity index (χ2n) is 28.5. The number of carbonyl (C=O) groups is 1. The number of alkyl halides is 9. The van der Waals surface area contributed by atoms with Gasteiger partial charge in [0.1, 0.15) is 35.3 Å². The molecule has 0 unspecified atom stereocenters. The Morgan fingerprint density at radius 1 is 0.518 bits per heavy atom. The molecule has 6 heterocycles. The van der Waals surface area contributed by atoms with Gasteiger partial charge in [-0.1, -0.05) is 54.6 Å². The Labute approximate surface area is 637 Å². The third-order valence-corrected chi connectivity index (χ3v) is 20.9. The summed E-state index contributed by atoms with van der Waals surface area (Å²) < 4.78 is 152. The minimum Gasteiger partial charge on any atom is -0.405 e. The number of halogens is 9. The largest absolute Gasteiger partial charge is 0.573 e. The number of nitrogens with two attached hydrogens (primary N) is 2. The zero-order valence-electron chi connectivity index (χ0n) is 61.0. The summed E-state index contributed by atoms with van der Waals surface area (Å²) in [6.07, 6.45) is 0.556. The van der Waals surface area contributed by atoms with Crippen molar-refractivity contribution >= 4 is 68.3 Å². The van der Waals surface area contributed by atoms with E-state index in [4.69, 9.17) is 11.5 Å². The summed E-state index contributed by atoms with van der Waals surface area (Å²) in [5, 5.41) is 52.2. The number of anilines is 6. The van der Waals surface area contributed by atoms with Crippen LogP contribution in [0, 0.1) is 48.1 Å². The van der Waals surface area contributed by atoms with Crippen LogP contribution < -0.4 is 62.3 Å². The lowest BCUT2D eigenvalue weighted by Crippen LogP contribution is -2.62. The number of sulfonamides is 1. The molecule has 11 N–H and O–H groups in total. The van der Waals surface area contributed by atoms with Gasteiger partial charge in [-0.05, 0) is 119 Å². The monoisotopic (exact) mass is 1610 g/mol. The van der Waals surface area contributed by atoms with Gasteiger partial charge in [0.05, 0.1) is 27.1 Å². The molecule has 3 saturated heterocycles. The van der Waals surface area contributed by atoms with Gasteiger partial charge in [0.2, 0.25) is 51.2 Å². The number of aromatic nitrogens is 6. The van der Waals surface area contributed by atoms with Crippen LogP contribution >= 0.6 is 0 Å². The van der Waals surface area contributed by atoms with Crippen molar-refractivity contribution in [2.75, 3.05) is 90.9 Å². The van der Waals surface area contributed by atoms with E-state index in [1.54, 1.807) is 18.2 Å². The Morgan fingerprint density at radius 2 is 0.884 bits per heavy atom. The summed E-state index contributed by atoms with van der Waals surface area (Å²) in [4.78, 5) is 75.7. The minimum atomic E-state index is -4.84. The lowest BCUT2D eigenvalue weighted by atomic mass is 9.81. The molecule has 112 heavy (non-hydrogen) atoms. The van der Waals surface area contributed by atoms with Gasteiger partial charge in [-0.3, -0.25) is 49.8 Å². The normalized spacial score (nSPS) is 20.8. The molecule has 0 bridgehead atoms. The van der Waals surface area contributed by atoms with E-state index < -0.39 is 43.9 Å². The fourth-order valence-electron chi connectivity index (χ4n) is 14.7. The maximum absolute atomic E-state index is 12.7. The number of likely N-dealkylation sites (tertiary alicyclic amines) is 3. The molecule has 33 nitrogen and oxygen atoms in total. The molecule has 3 aliphatic carbocycles. The van der Waals surface area contributed by atoms with Crippen LogP contribution in [-0.4, -0.2) is 188 Å². The summed E-state index contributed by atoms with van der Waals surface area (Å²) in [6, 6.07) is 18.7. The van der Waals surface area contributed by atoms with Crippen molar-refractivity contribution in [3.05, 3.63) is 138 Å². The van der Waals surface area contributed by atoms with Gasteiger partial charge in [-0.15, -0.1) is 39.5 Å². The second kappa shape index (κ2) is 37.5. The first-order valence-corrected chi connectivity index (χ1v) is 38.2. The molecule has 43 heteroatoms. The topological polar surface area (TPSA) is 432 Å². The van der Waals surface area contributed by atoms with Crippen LogP contribution in [-0.2, 0) is 40.9 Å². The van der Waals surface area contributed by atoms with E-state index in [0.717, 1.165) is 122 Å². The molecule has 0 spiro atoms. The maximum Gasteiger partial charge on any atom is 0.573 e. The molecule has 0 atom stereocenters. The summed E-state index contributed by atoms with van der Waals surface area (Å²) in [7, 11) is -3.21. The summed E-state index contributed by atoms with van der Waals surface area (Å²) in [5.41, 5.74) is 11.7. The number of hydrogen-bond acceptors (Lipinski definition) is 28. The molecule has 3 aliphatic heterocycles. The van der Waals surface area contributed by atoms with Crippen molar-refractivity contribution in [1.29, 1.82) is 0 Å². The zero-order chi connectivity index (χ0) is 80.7. The molecule has 1 amide bonds. The Morgan fingerprint density at radius 3 is 1.24 bits per heavy atom. The maximum atomic E-state index is 12.7. The lowest BCUT2D eigenvalue weighted by molar-refractivity contribution is -0.385. The number of benzene rings is 3. The Balaban J connectivity index is 0.000000179. The third kappa shape index (κ3) is 25.5. The summed E-state index contributed by atoms with van der Waals surface area (Å²) in [5.74, 6) is -0.445. The number of carbonyl (C=O) groups excluding carboxylic acids is 1. The number of nitrogens with one attached hydrogen (secondary N) is 7. The predicted molar refractivity (Wildman–Crippen MR) is 392 cm³/mol. The molecular formula is C69H88F9N21O12S. The smallest absolute Gasteiger partial charge is 0.405 e. The average Bonchev–Trinajstić information content (AvgIpc) is 0.823. The standard InChI is InChI=1S/C24H30F3N7O4.C23H30F3N7O5S.C22H28F3N7O3/c1-15(35)31-18-13-33(14-18)19-8-6-16(7-9-19)10-28-22-20(34(36)37)12-30-23(32-22)29-11-17-4-2-3-5-21(17)38-24(25,26)27;1-39(36,37)31-17-13-32(14-17)18-8-6-15(7-9-18)10-27-21-19(33(34)35)12-29-22(30-21)28-11-16-4-2-3-5-20(16)38-23(24,25)26;23-22(24,25)35-18-4-2-1-3-14(18)10-28-21-29-17(19(32(33)34)20(27)30-21)9-13-5-7-16(8-6-13)31-11-15(26)12-31/h2-5,12,16,18-19H,6-11,13-14H2,1H3,(H,31,35)(H2,28,29,30,32);2-5,12,15,17-18,31H,6-11,13-14H2,1H3,(H2,27,28,29,30);1-4,13,15-16H,5-12,26H2,(H3,27,28,29,30). The van der Waals surface area contributed by atoms with Crippen molar-refractivity contribution in [1.82, 2.24) is 54.6 Å². The second-order valence-corrected chi connectivity index (χ2v) is 30.3. The highest BCUT2D eigenvalue weighted by Crippen LogP contribution is 2.38. The number of para-hydroxylation sites is 3. The molecule has 610 valence electrons. The van der Waals surface area contributed by atoms with Crippen LogP contribution in [0.25, 0.3) is 0 Å². The summed E-state index contributed by atoms with van der Waals surface area (Å²) in [6.45, 7) is 7.16. The summed E-state index contributed by atoms with van der Waals surface area (Å²) >= 11 is 0. The number of nitro groups is 3. The molecule has 6 aromatic rings. The van der Waals surface area contributed by atoms with Gasteiger partial charge < -0.3 is 57.6 Å². The van der Waals surface area contributed by atoms with Gasteiger partial charge in [0.15, 0.2) is 0 Å². The van der Waals surface area contributed by atoms with E-state index in [1.807, 2.05) is 0 Å². The van der Waals surface area contributed by atoms with E-state index >= 15 is 0 Å². The first-order chi connectivity index (χ1) is 53.0. The van der Waals surface area contributed by atoms with Crippen LogP contribution in [0.3, 0.4) is 0 Å². The quantitative estimate of drug-likeness (QED) is 0.0120. The number of rotatable bonds is 29. The average molecular weight is 1610 g/mol. The predicted octanol–water partition coefficient (Wildman–Crippen LogP) is 10.0. The highest BCUT2D eigenvalue weighted by Gasteiger charge is 2.40. The van der Waals surface area contributed by atoms with Crippen molar-refractivity contribution in [3.8, 4) is 17.2 Å². The Kier molecular flexibility index (Phi) is 28.2. The molecule has 3 saturated carbocycles. The number of nitrogen functional groups attached to an aromatic ring is 1. The van der Waals surface area contributed by atoms with Crippen molar-refractivity contribution in [2.45, 2.75) is 165 Å². The van der Waals surface area contributed by atoms with Gasteiger partial charge in [-0.25, -0.2) is 28.1 Å². The van der Waals surface area contributed by atoms with E-state index in [2.05, 4.69) is 95.4 Å². The SMILES string of the molecule is CC(=O)NC1CN(C2CCC(CNc3nc(NCc4ccccc4OC(F)(F)F)ncc3[N+](=O)[O-])CC2)C1.CS(=O)(=O)NC1CN(C2CCC(CNc3nc(NCc4ccccc4OC(F)(F)F)ncc3[N+](=O)[O-])CC2)C1.Nc1nc(NCc2ccccc2OC(F)(F)F)nc(CC2CCC(N3CC(N)C3)CC2)c1[N+](=O)[O-]. The molecule has 12 rings (SSSR count). The first-order valence-electron chi connectivity index (χ1n) is 36.3. The van der Waals surface area contributed by atoms with Gasteiger partial charge in [0, 0.05) is 126 Å². The molecule has 6 fully saturated rings. The fourth-order valence-corrected chi connectivity index (χ4v) is 15.4. The van der Waals surface area contributed by atoms with Gasteiger partial charge in [0.25, 0.3) is 0 Å². The first kappa shape index (κ1) is 84.3. The third-order valence-electron chi connectivity index (χ3n) is 20.1. The highest BCUT2D eigenvalue weighted by atomic mass is 32.2. The van der Waals surface area contributed by atoms with Crippen molar-refractivity contribution < 1.29 is 81.7 Å². The van der Waals surface area contributed by atoms with E-state index in [9.17, 15) is 83.1 Å². The van der Waals surface area contributed by atoms with Crippen molar-refractivity contribution in [2.24, 2.45) is 23.5 Å². The molecular weight excluding hydrogens is 1520 g/mol. The van der Waals surface area contributed by atoms with Crippen LogP contribution in [0.1, 0.15) is 106 Å². The molecule has 3 aromatic heterocycles.